The molecular weight excluding hydrogens is 206 g/mol. The SMILES string of the molecule is CC(C)CCCC1(N)CCc2ccccc2C1. The van der Waals surface area contributed by atoms with Crippen molar-refractivity contribution in [2.75, 3.05) is 0 Å². The molecule has 1 heteroatoms. The highest BCUT2D eigenvalue weighted by atomic mass is 14.7. The highest BCUT2D eigenvalue weighted by molar-refractivity contribution is 5.31. The quantitative estimate of drug-likeness (QED) is 0.840. The summed E-state index contributed by atoms with van der Waals surface area (Å²) in [6.45, 7) is 4.58. The largest absolute Gasteiger partial charge is 0.325 e. The van der Waals surface area contributed by atoms with E-state index >= 15 is 0 Å². The van der Waals surface area contributed by atoms with Gasteiger partial charge in [-0.1, -0.05) is 51.0 Å². The number of fused-ring (bicyclic) bond motifs is 1. The Hall–Kier alpha value is -0.820. The van der Waals surface area contributed by atoms with E-state index in [2.05, 4.69) is 38.1 Å². The molecule has 1 aromatic carbocycles. The van der Waals surface area contributed by atoms with Gasteiger partial charge in [-0.3, -0.25) is 0 Å². The molecule has 1 aliphatic carbocycles. The first-order chi connectivity index (χ1) is 8.09. The summed E-state index contributed by atoms with van der Waals surface area (Å²) in [4.78, 5) is 0. The van der Waals surface area contributed by atoms with Gasteiger partial charge in [-0.15, -0.1) is 0 Å². The van der Waals surface area contributed by atoms with Crippen molar-refractivity contribution < 1.29 is 0 Å². The summed E-state index contributed by atoms with van der Waals surface area (Å²) >= 11 is 0. The molecule has 17 heavy (non-hydrogen) atoms. The highest BCUT2D eigenvalue weighted by Crippen LogP contribution is 2.30. The Labute approximate surface area is 105 Å². The van der Waals surface area contributed by atoms with E-state index in [0.717, 1.165) is 25.2 Å². The lowest BCUT2D eigenvalue weighted by atomic mass is 9.75. The average molecular weight is 231 g/mol. The second kappa shape index (κ2) is 5.22. The molecule has 0 saturated carbocycles. The van der Waals surface area contributed by atoms with Crippen molar-refractivity contribution in [3.8, 4) is 0 Å². The third-order valence-electron chi connectivity index (χ3n) is 4.01. The van der Waals surface area contributed by atoms with E-state index in [1.54, 1.807) is 0 Å². The van der Waals surface area contributed by atoms with E-state index in [0.29, 0.717) is 0 Å². The first kappa shape index (κ1) is 12.6. The molecule has 1 atom stereocenters. The molecule has 0 amide bonds. The minimum atomic E-state index is 0.0588. The van der Waals surface area contributed by atoms with E-state index in [9.17, 15) is 0 Å². The van der Waals surface area contributed by atoms with Gasteiger partial charge in [-0.2, -0.15) is 0 Å². The molecule has 1 aromatic rings. The van der Waals surface area contributed by atoms with Crippen LogP contribution >= 0.6 is 0 Å². The third kappa shape index (κ3) is 3.32. The fourth-order valence-corrected chi connectivity index (χ4v) is 2.90. The first-order valence-corrected chi connectivity index (χ1v) is 6.95. The molecule has 1 unspecified atom stereocenters. The van der Waals surface area contributed by atoms with Crippen molar-refractivity contribution in [2.45, 2.75) is 57.9 Å². The molecule has 2 rings (SSSR count). The maximum Gasteiger partial charge on any atom is 0.0198 e. The second-order valence-electron chi connectivity index (χ2n) is 6.09. The van der Waals surface area contributed by atoms with Gasteiger partial charge in [0.25, 0.3) is 0 Å². The van der Waals surface area contributed by atoms with Crippen LogP contribution in [0.15, 0.2) is 24.3 Å². The van der Waals surface area contributed by atoms with Crippen LogP contribution in [0.4, 0.5) is 0 Å². The number of aryl methyl sites for hydroxylation is 1. The normalized spacial score (nSPS) is 23.8. The third-order valence-corrected chi connectivity index (χ3v) is 4.01. The zero-order valence-corrected chi connectivity index (χ0v) is 11.2. The van der Waals surface area contributed by atoms with Crippen LogP contribution in [-0.2, 0) is 12.8 Å². The van der Waals surface area contributed by atoms with Crippen molar-refractivity contribution in [3.63, 3.8) is 0 Å². The van der Waals surface area contributed by atoms with E-state index < -0.39 is 0 Å². The van der Waals surface area contributed by atoms with Crippen LogP contribution in [0.5, 0.6) is 0 Å². The second-order valence-corrected chi connectivity index (χ2v) is 6.09. The van der Waals surface area contributed by atoms with Crippen LogP contribution in [0.25, 0.3) is 0 Å². The molecule has 0 aliphatic heterocycles. The Morgan fingerprint density at radius 1 is 1.24 bits per heavy atom. The van der Waals surface area contributed by atoms with E-state index in [4.69, 9.17) is 5.73 Å². The van der Waals surface area contributed by atoms with Crippen LogP contribution in [0.2, 0.25) is 0 Å². The Bertz CT molecular complexity index is 370. The molecule has 94 valence electrons. The summed E-state index contributed by atoms with van der Waals surface area (Å²) in [5, 5.41) is 0. The molecule has 2 N–H and O–H groups in total. The van der Waals surface area contributed by atoms with Gasteiger partial charge in [-0.05, 0) is 42.7 Å². The zero-order chi connectivity index (χ0) is 12.3. The van der Waals surface area contributed by atoms with Crippen LogP contribution in [-0.4, -0.2) is 5.54 Å². The van der Waals surface area contributed by atoms with E-state index in [1.165, 1.54) is 30.4 Å². The van der Waals surface area contributed by atoms with Gasteiger partial charge in [-0.25, -0.2) is 0 Å². The van der Waals surface area contributed by atoms with Crippen molar-refractivity contribution in [3.05, 3.63) is 35.4 Å². The lowest BCUT2D eigenvalue weighted by Gasteiger charge is -2.35. The molecule has 1 nitrogen and oxygen atoms in total. The topological polar surface area (TPSA) is 26.0 Å². The molecule has 0 aromatic heterocycles. The maximum absolute atomic E-state index is 6.56. The lowest BCUT2D eigenvalue weighted by Crippen LogP contribution is -2.45. The Balaban J connectivity index is 1.95. The summed E-state index contributed by atoms with van der Waals surface area (Å²) in [5.41, 5.74) is 9.61. The number of nitrogens with two attached hydrogens (primary N) is 1. The highest BCUT2D eigenvalue weighted by Gasteiger charge is 2.29. The summed E-state index contributed by atoms with van der Waals surface area (Å²) in [5.74, 6) is 0.800. The van der Waals surface area contributed by atoms with Crippen LogP contribution in [0.1, 0.15) is 50.7 Å². The molecule has 0 fully saturated rings. The predicted molar refractivity (Wildman–Crippen MR) is 74.1 cm³/mol. The predicted octanol–water partition coefficient (Wildman–Crippen LogP) is 3.70. The fourth-order valence-electron chi connectivity index (χ4n) is 2.90. The average Bonchev–Trinajstić information content (AvgIpc) is 2.28. The minimum Gasteiger partial charge on any atom is -0.325 e. The van der Waals surface area contributed by atoms with Gasteiger partial charge in [0.2, 0.25) is 0 Å². The molecule has 0 bridgehead atoms. The molecule has 0 spiro atoms. The van der Waals surface area contributed by atoms with Crippen LogP contribution < -0.4 is 5.73 Å². The van der Waals surface area contributed by atoms with Gasteiger partial charge in [0, 0.05) is 5.54 Å². The number of rotatable bonds is 4. The maximum atomic E-state index is 6.56. The number of benzene rings is 1. The van der Waals surface area contributed by atoms with E-state index in [1.807, 2.05) is 0 Å². The summed E-state index contributed by atoms with van der Waals surface area (Å²) in [6.07, 6.45) is 7.15. The van der Waals surface area contributed by atoms with E-state index in [-0.39, 0.29) is 5.54 Å². The fraction of sp³-hybridized carbons (Fsp3) is 0.625. The van der Waals surface area contributed by atoms with Gasteiger partial charge >= 0.3 is 0 Å². The van der Waals surface area contributed by atoms with Crippen molar-refractivity contribution in [1.29, 1.82) is 0 Å². The lowest BCUT2D eigenvalue weighted by molar-refractivity contribution is 0.325. The van der Waals surface area contributed by atoms with Crippen molar-refractivity contribution in [2.24, 2.45) is 11.7 Å². The minimum absolute atomic E-state index is 0.0588. The van der Waals surface area contributed by atoms with Crippen LogP contribution in [0.3, 0.4) is 0 Å². The number of hydrogen-bond donors (Lipinski definition) is 1. The molecule has 0 saturated heterocycles. The summed E-state index contributed by atoms with van der Waals surface area (Å²) in [7, 11) is 0. The Morgan fingerprint density at radius 3 is 2.65 bits per heavy atom. The Morgan fingerprint density at radius 2 is 1.94 bits per heavy atom. The van der Waals surface area contributed by atoms with Crippen LogP contribution in [0, 0.1) is 5.92 Å². The molecule has 0 heterocycles. The van der Waals surface area contributed by atoms with Gasteiger partial charge < -0.3 is 5.73 Å². The number of hydrogen-bond acceptors (Lipinski definition) is 1. The standard InChI is InChI=1S/C16H25N/c1-13(2)6-5-10-16(17)11-9-14-7-3-4-8-15(14)12-16/h3-4,7-8,13H,5-6,9-12,17H2,1-2H3. The van der Waals surface area contributed by atoms with Gasteiger partial charge in [0.15, 0.2) is 0 Å². The van der Waals surface area contributed by atoms with Gasteiger partial charge in [0.1, 0.15) is 0 Å². The zero-order valence-electron chi connectivity index (χ0n) is 11.2. The Kier molecular flexibility index (Phi) is 3.88. The summed E-state index contributed by atoms with van der Waals surface area (Å²) < 4.78 is 0. The smallest absolute Gasteiger partial charge is 0.0198 e. The first-order valence-electron chi connectivity index (χ1n) is 6.95. The molecular formula is C16H25N. The van der Waals surface area contributed by atoms with Crippen molar-refractivity contribution in [1.82, 2.24) is 0 Å². The van der Waals surface area contributed by atoms with Crippen molar-refractivity contribution >= 4 is 0 Å². The molecule has 1 aliphatic rings. The molecule has 0 radical (unpaired) electrons. The monoisotopic (exact) mass is 231 g/mol. The summed E-state index contributed by atoms with van der Waals surface area (Å²) in [6, 6.07) is 8.78. The van der Waals surface area contributed by atoms with Gasteiger partial charge in [0.05, 0.1) is 0 Å².